The molecule has 0 heteroatoms. The van der Waals surface area contributed by atoms with Crippen molar-refractivity contribution in [2.75, 3.05) is 0 Å². The number of hydrogen-bond donors (Lipinski definition) is 0. The van der Waals surface area contributed by atoms with Crippen molar-refractivity contribution in [2.45, 2.75) is 18.8 Å². The Hall–Kier alpha value is -2.86. The molecule has 0 saturated heterocycles. The van der Waals surface area contributed by atoms with E-state index in [1.165, 1.54) is 27.5 Å². The van der Waals surface area contributed by atoms with Gasteiger partial charge in [0.1, 0.15) is 0 Å². The molecule has 0 bridgehead atoms. The first-order valence-electron chi connectivity index (χ1n) is 8.96. The summed E-state index contributed by atoms with van der Waals surface area (Å²) in [5.41, 5.74) is 4.25. The zero-order valence-electron chi connectivity index (χ0n) is 14.3. The van der Waals surface area contributed by atoms with Gasteiger partial charge in [0.15, 0.2) is 0 Å². The van der Waals surface area contributed by atoms with Crippen LogP contribution < -0.4 is 0 Å². The van der Waals surface area contributed by atoms with Crippen molar-refractivity contribution in [2.24, 2.45) is 0 Å². The van der Waals surface area contributed by atoms with Gasteiger partial charge in [-0.15, -0.1) is 0 Å². The number of fused-ring (bicyclic) bond motifs is 1. The second-order valence-electron chi connectivity index (χ2n) is 6.64. The van der Waals surface area contributed by atoms with Crippen LogP contribution in [-0.4, -0.2) is 0 Å². The fourth-order valence-corrected chi connectivity index (χ4v) is 3.70. The molecule has 0 unspecified atom stereocenters. The molecule has 0 fully saturated rings. The monoisotopic (exact) mass is 322 g/mol. The Kier molecular flexibility index (Phi) is 4.61. The molecule has 0 atom stereocenters. The highest BCUT2D eigenvalue weighted by molar-refractivity contribution is 5.86. The summed E-state index contributed by atoms with van der Waals surface area (Å²) in [5.74, 6) is 0.468. The minimum absolute atomic E-state index is 0.468. The Morgan fingerprint density at radius 1 is 0.480 bits per heavy atom. The molecule has 0 aliphatic rings. The molecular weight excluding hydrogens is 300 g/mol. The lowest BCUT2D eigenvalue weighted by Gasteiger charge is -2.20. The van der Waals surface area contributed by atoms with Crippen LogP contribution in [0.25, 0.3) is 10.8 Å². The third-order valence-electron chi connectivity index (χ3n) is 4.91. The van der Waals surface area contributed by atoms with E-state index in [4.69, 9.17) is 0 Å². The Balaban J connectivity index is 1.76. The van der Waals surface area contributed by atoms with E-state index >= 15 is 0 Å². The van der Waals surface area contributed by atoms with Crippen molar-refractivity contribution in [3.05, 3.63) is 120 Å². The fourth-order valence-electron chi connectivity index (χ4n) is 3.70. The van der Waals surface area contributed by atoms with Crippen molar-refractivity contribution >= 4 is 10.8 Å². The van der Waals surface area contributed by atoms with E-state index in [9.17, 15) is 0 Å². The maximum absolute atomic E-state index is 2.30. The van der Waals surface area contributed by atoms with Crippen LogP contribution in [0.4, 0.5) is 0 Å². The predicted octanol–water partition coefficient (Wildman–Crippen LogP) is 6.41. The van der Waals surface area contributed by atoms with Crippen molar-refractivity contribution < 1.29 is 0 Å². The Morgan fingerprint density at radius 2 is 1.00 bits per heavy atom. The minimum atomic E-state index is 0.468. The van der Waals surface area contributed by atoms with Crippen LogP contribution in [0.5, 0.6) is 0 Å². The first kappa shape index (κ1) is 15.7. The molecule has 25 heavy (non-hydrogen) atoms. The van der Waals surface area contributed by atoms with Gasteiger partial charge in [-0.05, 0) is 46.2 Å². The highest BCUT2D eigenvalue weighted by atomic mass is 14.2. The smallest absolute Gasteiger partial charge is 0.00749 e. The highest BCUT2D eigenvalue weighted by Gasteiger charge is 2.16. The molecule has 0 nitrogen and oxygen atoms in total. The Morgan fingerprint density at radius 3 is 1.64 bits per heavy atom. The van der Waals surface area contributed by atoms with Gasteiger partial charge in [-0.2, -0.15) is 0 Å². The van der Waals surface area contributed by atoms with Crippen LogP contribution in [0.1, 0.15) is 22.6 Å². The summed E-state index contributed by atoms with van der Waals surface area (Å²) < 4.78 is 0. The normalized spacial score (nSPS) is 11.1. The molecule has 0 aliphatic carbocycles. The lowest BCUT2D eigenvalue weighted by molar-refractivity contribution is 0.685. The number of benzene rings is 4. The topological polar surface area (TPSA) is 0 Å². The van der Waals surface area contributed by atoms with Gasteiger partial charge in [0.25, 0.3) is 0 Å². The fraction of sp³-hybridized carbons (Fsp3) is 0.120. The molecule has 0 saturated carbocycles. The molecule has 4 rings (SSSR count). The lowest BCUT2D eigenvalue weighted by Crippen LogP contribution is -2.07. The van der Waals surface area contributed by atoms with Crippen molar-refractivity contribution in [1.29, 1.82) is 0 Å². The molecule has 0 N–H and O–H groups in total. The van der Waals surface area contributed by atoms with E-state index in [0.717, 1.165) is 12.8 Å². The van der Waals surface area contributed by atoms with E-state index in [0.29, 0.717) is 5.92 Å². The summed E-state index contributed by atoms with van der Waals surface area (Å²) in [4.78, 5) is 0. The molecule has 0 radical (unpaired) electrons. The average molecular weight is 322 g/mol. The number of rotatable bonds is 5. The van der Waals surface area contributed by atoms with Crippen molar-refractivity contribution in [1.82, 2.24) is 0 Å². The largest absolute Gasteiger partial charge is 0.0622 e. The first-order valence-corrected chi connectivity index (χ1v) is 8.96. The molecule has 122 valence electrons. The summed E-state index contributed by atoms with van der Waals surface area (Å²) in [6.45, 7) is 0. The zero-order chi connectivity index (χ0) is 16.9. The van der Waals surface area contributed by atoms with Gasteiger partial charge < -0.3 is 0 Å². The Bertz CT molecular complexity index is 892. The van der Waals surface area contributed by atoms with Crippen LogP contribution in [0.3, 0.4) is 0 Å². The van der Waals surface area contributed by atoms with Crippen LogP contribution in [0.15, 0.2) is 103 Å². The van der Waals surface area contributed by atoms with Gasteiger partial charge >= 0.3 is 0 Å². The average Bonchev–Trinajstić information content (AvgIpc) is 2.69. The van der Waals surface area contributed by atoms with Crippen LogP contribution >= 0.6 is 0 Å². The molecule has 4 aromatic rings. The Labute approximate surface area is 149 Å². The van der Waals surface area contributed by atoms with E-state index < -0.39 is 0 Å². The van der Waals surface area contributed by atoms with Crippen LogP contribution in [0, 0.1) is 0 Å². The maximum atomic E-state index is 2.30. The first-order chi connectivity index (χ1) is 12.4. The molecule has 0 spiro atoms. The van der Waals surface area contributed by atoms with Gasteiger partial charge in [-0.25, -0.2) is 0 Å². The second-order valence-corrected chi connectivity index (χ2v) is 6.64. The van der Waals surface area contributed by atoms with Gasteiger partial charge in [0, 0.05) is 0 Å². The molecule has 0 aliphatic heterocycles. The van der Waals surface area contributed by atoms with E-state index in [-0.39, 0.29) is 0 Å². The predicted molar refractivity (Wildman–Crippen MR) is 107 cm³/mol. The van der Waals surface area contributed by atoms with E-state index in [2.05, 4.69) is 103 Å². The summed E-state index contributed by atoms with van der Waals surface area (Å²) in [7, 11) is 0. The highest BCUT2D eigenvalue weighted by Crippen LogP contribution is 2.31. The minimum Gasteiger partial charge on any atom is -0.0622 e. The van der Waals surface area contributed by atoms with Gasteiger partial charge in [-0.3, -0.25) is 0 Å². The van der Waals surface area contributed by atoms with Crippen molar-refractivity contribution in [3.63, 3.8) is 0 Å². The molecule has 0 amide bonds. The summed E-state index contributed by atoms with van der Waals surface area (Å²) in [5, 5.41) is 2.70. The molecular formula is C25H22. The van der Waals surface area contributed by atoms with E-state index in [1.54, 1.807) is 0 Å². The standard InChI is InChI=1S/C25H22/c1-3-10-20(11-4-1)18-23(19-21-12-5-2-6-13-21)25-17-9-15-22-14-7-8-16-24(22)25/h1-17,23H,18-19H2. The summed E-state index contributed by atoms with van der Waals surface area (Å²) in [6.07, 6.45) is 2.12. The van der Waals surface area contributed by atoms with Gasteiger partial charge in [0.05, 0.1) is 0 Å². The van der Waals surface area contributed by atoms with Gasteiger partial charge in [-0.1, -0.05) is 103 Å². The summed E-state index contributed by atoms with van der Waals surface area (Å²) >= 11 is 0. The van der Waals surface area contributed by atoms with Crippen LogP contribution in [0.2, 0.25) is 0 Å². The zero-order valence-corrected chi connectivity index (χ0v) is 14.3. The van der Waals surface area contributed by atoms with Crippen molar-refractivity contribution in [3.8, 4) is 0 Å². The third-order valence-corrected chi connectivity index (χ3v) is 4.91. The summed E-state index contributed by atoms with van der Waals surface area (Å²) in [6, 6.07) is 37.1. The van der Waals surface area contributed by atoms with Gasteiger partial charge in [0.2, 0.25) is 0 Å². The lowest BCUT2D eigenvalue weighted by atomic mass is 9.84. The molecule has 0 heterocycles. The molecule has 4 aromatic carbocycles. The van der Waals surface area contributed by atoms with E-state index in [1.807, 2.05) is 0 Å². The van der Waals surface area contributed by atoms with Crippen LogP contribution in [-0.2, 0) is 12.8 Å². The SMILES string of the molecule is c1ccc(CC(Cc2ccccc2)c2cccc3ccccc23)cc1. The molecule has 0 aromatic heterocycles. The number of hydrogen-bond acceptors (Lipinski definition) is 0. The quantitative estimate of drug-likeness (QED) is 0.398. The third kappa shape index (κ3) is 3.64. The maximum Gasteiger partial charge on any atom is -0.00749 e. The second kappa shape index (κ2) is 7.36.